The van der Waals surface area contributed by atoms with Crippen molar-refractivity contribution in [1.82, 2.24) is 5.32 Å². The quantitative estimate of drug-likeness (QED) is 0.495. The topological polar surface area (TPSA) is 46.2 Å². The van der Waals surface area contributed by atoms with Crippen molar-refractivity contribution in [2.24, 2.45) is 0 Å². The van der Waals surface area contributed by atoms with Crippen LogP contribution in [0.25, 0.3) is 0 Å². The Hall–Kier alpha value is -2.43. The van der Waals surface area contributed by atoms with Crippen molar-refractivity contribution in [3.8, 4) is 0 Å². The van der Waals surface area contributed by atoms with Gasteiger partial charge < -0.3 is 0 Å². The highest BCUT2D eigenvalue weighted by Crippen LogP contribution is 2.31. The van der Waals surface area contributed by atoms with E-state index in [9.17, 15) is 8.42 Å². The van der Waals surface area contributed by atoms with E-state index >= 15 is 0 Å². The number of benzene rings is 3. The summed E-state index contributed by atoms with van der Waals surface area (Å²) in [4.78, 5) is 0.426. The molecule has 1 unspecified atom stereocenters. The van der Waals surface area contributed by atoms with Crippen LogP contribution in [0.2, 0.25) is 0 Å². The summed E-state index contributed by atoms with van der Waals surface area (Å²) in [6.45, 7) is 4.12. The van der Waals surface area contributed by atoms with Crippen molar-refractivity contribution in [3.63, 3.8) is 0 Å². The fourth-order valence-electron chi connectivity index (χ4n) is 3.55. The molecule has 29 heavy (non-hydrogen) atoms. The van der Waals surface area contributed by atoms with E-state index in [1.54, 1.807) is 6.07 Å². The van der Waals surface area contributed by atoms with Crippen LogP contribution in [0.15, 0.2) is 89.8 Å². The summed E-state index contributed by atoms with van der Waals surface area (Å²) in [5.74, 6) is 0.177. The first-order valence-corrected chi connectivity index (χ1v) is 11.9. The molecular formula is C25H29NO2S. The lowest BCUT2D eigenvalue weighted by Gasteiger charge is -2.26. The first-order chi connectivity index (χ1) is 14.0. The fraction of sp³-hybridized carbons (Fsp3) is 0.280. The molecule has 2 atom stereocenters. The molecule has 0 radical (unpaired) electrons. The molecule has 0 amide bonds. The van der Waals surface area contributed by atoms with E-state index < -0.39 is 9.84 Å². The first-order valence-electron chi connectivity index (χ1n) is 10.2. The predicted molar refractivity (Wildman–Crippen MR) is 120 cm³/mol. The van der Waals surface area contributed by atoms with Gasteiger partial charge in [-0.1, -0.05) is 92.2 Å². The minimum Gasteiger partial charge on any atom is -0.300 e. The molecule has 3 nitrogen and oxygen atoms in total. The molecule has 0 fully saturated rings. The summed E-state index contributed by atoms with van der Waals surface area (Å²) in [6.07, 6.45) is 1.52. The van der Waals surface area contributed by atoms with Crippen LogP contribution in [0.1, 0.15) is 55.5 Å². The van der Waals surface area contributed by atoms with Gasteiger partial charge in [-0.15, -0.1) is 0 Å². The van der Waals surface area contributed by atoms with E-state index in [4.69, 9.17) is 0 Å². The summed E-state index contributed by atoms with van der Waals surface area (Å²) < 4.78 is 26.2. The van der Waals surface area contributed by atoms with Gasteiger partial charge in [0.05, 0.1) is 16.7 Å². The number of rotatable bonds is 9. The van der Waals surface area contributed by atoms with Gasteiger partial charge in [-0.25, -0.2) is 8.42 Å². The fourth-order valence-corrected chi connectivity index (χ4v) is 5.27. The molecule has 3 rings (SSSR count). The number of nitrogens with one attached hydrogen (secondary N) is 1. The Morgan fingerprint density at radius 2 is 1.34 bits per heavy atom. The van der Waals surface area contributed by atoms with Crippen molar-refractivity contribution >= 4 is 9.84 Å². The lowest BCUT2D eigenvalue weighted by atomic mass is 9.96. The molecule has 0 heterocycles. The van der Waals surface area contributed by atoms with Crippen molar-refractivity contribution in [3.05, 3.63) is 102 Å². The zero-order valence-corrected chi connectivity index (χ0v) is 17.9. The molecule has 0 aliphatic rings. The molecule has 0 aliphatic heterocycles. The summed E-state index contributed by atoms with van der Waals surface area (Å²) in [7, 11) is -3.35. The van der Waals surface area contributed by atoms with Crippen LogP contribution >= 0.6 is 0 Å². The first kappa shape index (κ1) is 21.3. The smallest absolute Gasteiger partial charge is 0.178 e. The number of hydrogen-bond donors (Lipinski definition) is 1. The van der Waals surface area contributed by atoms with Crippen LogP contribution < -0.4 is 5.32 Å². The van der Waals surface area contributed by atoms with E-state index in [-0.39, 0.29) is 17.8 Å². The van der Waals surface area contributed by atoms with Gasteiger partial charge in [0, 0.05) is 6.04 Å². The van der Waals surface area contributed by atoms with Crippen molar-refractivity contribution in [1.29, 1.82) is 0 Å². The van der Waals surface area contributed by atoms with Gasteiger partial charge in [-0.2, -0.15) is 0 Å². The van der Waals surface area contributed by atoms with Crippen molar-refractivity contribution in [2.75, 3.05) is 5.75 Å². The lowest BCUT2D eigenvalue weighted by Crippen LogP contribution is -2.27. The zero-order valence-electron chi connectivity index (χ0n) is 17.1. The van der Waals surface area contributed by atoms with Gasteiger partial charge in [0.2, 0.25) is 0 Å². The Balaban J connectivity index is 2.04. The Kier molecular flexibility index (Phi) is 7.24. The third kappa shape index (κ3) is 5.34. The average molecular weight is 408 g/mol. The summed E-state index contributed by atoms with van der Waals surface area (Å²) in [5, 5.41) is 3.67. The average Bonchev–Trinajstić information content (AvgIpc) is 2.77. The van der Waals surface area contributed by atoms with E-state index in [1.807, 2.05) is 73.7 Å². The van der Waals surface area contributed by atoms with Crippen LogP contribution in [-0.4, -0.2) is 14.2 Å². The number of hydrogen-bond acceptors (Lipinski definition) is 3. The molecule has 4 heteroatoms. The Labute approximate surface area is 174 Å². The molecule has 0 aromatic heterocycles. The number of unbranched alkanes of at least 4 members (excludes halogenated alkanes) is 1. The molecule has 0 bridgehead atoms. The highest BCUT2D eigenvalue weighted by molar-refractivity contribution is 7.91. The molecule has 0 spiro atoms. The third-order valence-corrected chi connectivity index (χ3v) is 7.05. The van der Waals surface area contributed by atoms with E-state index in [1.165, 1.54) is 5.56 Å². The summed E-state index contributed by atoms with van der Waals surface area (Å²) in [6, 6.07) is 27.5. The molecule has 3 aromatic rings. The second-order valence-corrected chi connectivity index (χ2v) is 9.43. The Morgan fingerprint density at radius 1 is 0.793 bits per heavy atom. The van der Waals surface area contributed by atoms with Gasteiger partial charge in [0.15, 0.2) is 9.84 Å². The van der Waals surface area contributed by atoms with Gasteiger partial charge in [0.1, 0.15) is 0 Å². The molecule has 0 aliphatic carbocycles. The van der Waals surface area contributed by atoms with E-state index in [0.717, 1.165) is 17.5 Å². The highest BCUT2D eigenvalue weighted by atomic mass is 32.2. The predicted octanol–water partition coefficient (Wildman–Crippen LogP) is 5.70. The normalized spacial score (nSPS) is 13.7. The molecule has 152 valence electrons. The maximum absolute atomic E-state index is 13.1. The largest absolute Gasteiger partial charge is 0.300 e. The molecular weight excluding hydrogens is 378 g/mol. The minimum atomic E-state index is -3.35. The maximum Gasteiger partial charge on any atom is 0.178 e. The lowest BCUT2D eigenvalue weighted by molar-refractivity contribution is 0.509. The van der Waals surface area contributed by atoms with E-state index in [0.29, 0.717) is 11.3 Å². The number of sulfone groups is 1. The van der Waals surface area contributed by atoms with Crippen molar-refractivity contribution in [2.45, 2.75) is 43.7 Å². The standard InChI is InChI=1S/C25H29NO2S/c1-3-4-19-29(27,28)24-18-12-11-17-23(24)25(22-15-9-6-10-16-22)26-20(2)21-13-7-5-8-14-21/h5-18,20,25-26H,3-4,19H2,1-2H3/t20-,25?/m1/s1. The van der Waals surface area contributed by atoms with Gasteiger partial charge in [-0.3, -0.25) is 5.32 Å². The Bertz CT molecular complexity index is 1000. The third-order valence-electron chi connectivity index (χ3n) is 5.18. The van der Waals surface area contributed by atoms with Gasteiger partial charge in [0.25, 0.3) is 0 Å². The second kappa shape index (κ2) is 9.86. The molecule has 3 aromatic carbocycles. The Morgan fingerprint density at radius 3 is 1.97 bits per heavy atom. The van der Waals surface area contributed by atoms with Crippen LogP contribution in [0.3, 0.4) is 0 Å². The van der Waals surface area contributed by atoms with Gasteiger partial charge >= 0.3 is 0 Å². The second-order valence-electron chi connectivity index (χ2n) is 7.35. The molecule has 0 saturated heterocycles. The molecule has 0 saturated carbocycles. The van der Waals surface area contributed by atoms with Gasteiger partial charge in [-0.05, 0) is 36.1 Å². The summed E-state index contributed by atoms with van der Waals surface area (Å²) in [5.41, 5.74) is 3.02. The van der Waals surface area contributed by atoms with E-state index in [2.05, 4.69) is 24.4 Å². The monoisotopic (exact) mass is 407 g/mol. The van der Waals surface area contributed by atoms with Crippen LogP contribution in [-0.2, 0) is 9.84 Å². The van der Waals surface area contributed by atoms with Crippen LogP contribution in [0.4, 0.5) is 0 Å². The summed E-state index contributed by atoms with van der Waals surface area (Å²) >= 11 is 0. The minimum absolute atomic E-state index is 0.0628. The SMILES string of the molecule is CCCCS(=O)(=O)c1ccccc1C(N[C@H](C)c1ccccc1)c1ccccc1. The highest BCUT2D eigenvalue weighted by Gasteiger charge is 2.25. The van der Waals surface area contributed by atoms with Crippen LogP contribution in [0.5, 0.6) is 0 Å². The van der Waals surface area contributed by atoms with Crippen LogP contribution in [0, 0.1) is 0 Å². The van der Waals surface area contributed by atoms with Crippen molar-refractivity contribution < 1.29 is 8.42 Å². The molecule has 1 N–H and O–H groups in total. The maximum atomic E-state index is 13.1. The zero-order chi connectivity index (χ0) is 20.7.